The van der Waals surface area contributed by atoms with Crippen LogP contribution in [0.5, 0.6) is 0 Å². The maximum atomic E-state index is 12.4. The molecule has 2 aromatic heterocycles. The fraction of sp³-hybridized carbons (Fsp3) is 0.471. The Kier molecular flexibility index (Phi) is 7.68. The zero-order chi connectivity index (χ0) is 16.9. The predicted octanol–water partition coefficient (Wildman–Crippen LogP) is 3.39. The van der Waals surface area contributed by atoms with Crippen LogP contribution in [0.15, 0.2) is 28.7 Å². The van der Waals surface area contributed by atoms with E-state index < -0.39 is 0 Å². The van der Waals surface area contributed by atoms with Gasteiger partial charge in [-0.2, -0.15) is 0 Å². The third-order valence-electron chi connectivity index (χ3n) is 4.21. The van der Waals surface area contributed by atoms with Crippen molar-refractivity contribution < 1.29 is 4.79 Å². The van der Waals surface area contributed by atoms with E-state index in [1.165, 1.54) is 11.3 Å². The summed E-state index contributed by atoms with van der Waals surface area (Å²) in [5.74, 6) is 1.26. The van der Waals surface area contributed by atoms with Gasteiger partial charge in [0, 0.05) is 45.3 Å². The van der Waals surface area contributed by atoms with Crippen LogP contribution in [0.3, 0.4) is 0 Å². The van der Waals surface area contributed by atoms with Crippen molar-refractivity contribution in [2.45, 2.75) is 17.7 Å². The molecule has 8 heteroatoms. The molecule has 1 aliphatic rings. The summed E-state index contributed by atoms with van der Waals surface area (Å²) in [6.07, 6.45) is 4.40. The maximum Gasteiger partial charge on any atom is 0.176 e. The summed E-state index contributed by atoms with van der Waals surface area (Å²) in [7, 11) is 0. The van der Waals surface area contributed by atoms with Crippen LogP contribution in [0.4, 0.5) is 5.82 Å². The van der Waals surface area contributed by atoms with E-state index in [4.69, 9.17) is 0 Å². The number of Topliss-reactive ketones (excluding diaryl/α,β-unsaturated/α-hetero) is 1. The number of ketones is 1. The first-order valence-corrected chi connectivity index (χ1v) is 10.1. The number of thiazole rings is 1. The van der Waals surface area contributed by atoms with Gasteiger partial charge in [-0.25, -0.2) is 9.97 Å². The Balaban J connectivity index is 0.00000225. The summed E-state index contributed by atoms with van der Waals surface area (Å²) in [6, 6.07) is 6.01. The van der Waals surface area contributed by atoms with Crippen molar-refractivity contribution in [2.24, 2.45) is 0 Å². The van der Waals surface area contributed by atoms with E-state index >= 15 is 0 Å². The molecule has 136 valence electrons. The van der Waals surface area contributed by atoms with Crippen LogP contribution in [0.2, 0.25) is 0 Å². The van der Waals surface area contributed by atoms with Crippen molar-refractivity contribution in [1.29, 1.82) is 0 Å². The molecular formula is C17H23ClN4OS2. The molecule has 0 unspecified atom stereocenters. The van der Waals surface area contributed by atoms with Crippen molar-refractivity contribution in [1.82, 2.24) is 14.9 Å². The molecule has 0 aliphatic carbocycles. The fourth-order valence-electron chi connectivity index (χ4n) is 2.83. The number of rotatable bonds is 6. The van der Waals surface area contributed by atoms with Crippen molar-refractivity contribution in [3.8, 4) is 0 Å². The smallest absolute Gasteiger partial charge is 0.176 e. The van der Waals surface area contributed by atoms with E-state index in [9.17, 15) is 4.79 Å². The highest BCUT2D eigenvalue weighted by Crippen LogP contribution is 2.26. The number of anilines is 1. The van der Waals surface area contributed by atoms with Gasteiger partial charge in [0.05, 0.1) is 10.6 Å². The first-order valence-electron chi connectivity index (χ1n) is 8.10. The predicted molar refractivity (Wildman–Crippen MR) is 108 cm³/mol. The van der Waals surface area contributed by atoms with Gasteiger partial charge in [0.15, 0.2) is 10.1 Å². The highest BCUT2D eigenvalue weighted by atomic mass is 35.5. The molecule has 0 bridgehead atoms. The van der Waals surface area contributed by atoms with Crippen LogP contribution >= 0.6 is 35.5 Å². The first-order chi connectivity index (χ1) is 11.7. The van der Waals surface area contributed by atoms with Crippen molar-refractivity contribution in [3.63, 3.8) is 0 Å². The van der Waals surface area contributed by atoms with Gasteiger partial charge in [-0.05, 0) is 25.3 Å². The second kappa shape index (κ2) is 9.52. The molecule has 1 aliphatic heterocycles. The van der Waals surface area contributed by atoms with Gasteiger partial charge in [0.2, 0.25) is 0 Å². The quantitative estimate of drug-likeness (QED) is 0.549. The Hall–Kier alpha value is -1.15. The summed E-state index contributed by atoms with van der Waals surface area (Å²) in [5, 5.41) is 0. The number of halogens is 1. The van der Waals surface area contributed by atoms with Crippen LogP contribution in [-0.2, 0) is 0 Å². The Morgan fingerprint density at radius 1 is 1.28 bits per heavy atom. The molecule has 0 saturated carbocycles. The van der Waals surface area contributed by atoms with Gasteiger partial charge in [0.1, 0.15) is 5.82 Å². The molecule has 0 radical (unpaired) electrons. The van der Waals surface area contributed by atoms with Crippen molar-refractivity contribution in [2.75, 3.05) is 43.9 Å². The third kappa shape index (κ3) is 5.17. The largest absolute Gasteiger partial charge is 0.354 e. The highest BCUT2D eigenvalue weighted by molar-refractivity contribution is 8.00. The van der Waals surface area contributed by atoms with Crippen LogP contribution in [-0.4, -0.2) is 59.6 Å². The van der Waals surface area contributed by atoms with E-state index in [-0.39, 0.29) is 18.2 Å². The number of carbonyl (C=O) groups excluding carboxylic acids is 1. The molecule has 1 fully saturated rings. The molecule has 5 nitrogen and oxygen atoms in total. The lowest BCUT2D eigenvalue weighted by Crippen LogP contribution is -2.47. The van der Waals surface area contributed by atoms with Crippen molar-refractivity contribution in [3.05, 3.63) is 35.0 Å². The number of hydrogen-bond donors (Lipinski definition) is 0. The van der Waals surface area contributed by atoms with E-state index in [0.29, 0.717) is 6.42 Å². The third-order valence-corrected chi connectivity index (χ3v) is 6.39. The van der Waals surface area contributed by atoms with E-state index in [1.54, 1.807) is 11.8 Å². The van der Waals surface area contributed by atoms with Gasteiger partial charge >= 0.3 is 0 Å². The molecule has 0 N–H and O–H groups in total. The number of aromatic nitrogens is 2. The fourth-order valence-corrected chi connectivity index (χ4v) is 4.41. The minimum atomic E-state index is 0. The molecule has 0 atom stereocenters. The molecule has 3 heterocycles. The SMILES string of the molecule is CSc1nc(C)c(C(=O)CCN2CCN(c3ccccn3)CC2)s1.Cl. The number of pyridine rings is 1. The standard InChI is InChI=1S/C17H22N4OS2.ClH/c1-13-16(24-17(19-13)23-2)14(22)6-8-20-9-11-21(12-10-20)15-5-3-4-7-18-15;/h3-5,7H,6,8-12H2,1-2H3;1H. The summed E-state index contributed by atoms with van der Waals surface area (Å²) >= 11 is 3.12. The summed E-state index contributed by atoms with van der Waals surface area (Å²) < 4.78 is 0.972. The summed E-state index contributed by atoms with van der Waals surface area (Å²) in [4.78, 5) is 26.8. The minimum Gasteiger partial charge on any atom is -0.354 e. The summed E-state index contributed by atoms with van der Waals surface area (Å²) in [6.45, 7) is 6.61. The average Bonchev–Trinajstić information content (AvgIpc) is 3.02. The van der Waals surface area contributed by atoms with Gasteiger partial charge in [-0.1, -0.05) is 17.8 Å². The molecule has 2 aromatic rings. The zero-order valence-corrected chi connectivity index (χ0v) is 16.9. The topological polar surface area (TPSA) is 49.3 Å². The molecule has 1 saturated heterocycles. The lowest BCUT2D eigenvalue weighted by molar-refractivity contribution is 0.0965. The Morgan fingerprint density at radius 3 is 2.64 bits per heavy atom. The monoisotopic (exact) mass is 398 g/mol. The summed E-state index contributed by atoms with van der Waals surface area (Å²) in [5.41, 5.74) is 0.870. The normalized spacial score (nSPS) is 15.0. The second-order valence-corrected chi connectivity index (χ2v) is 7.84. The average molecular weight is 399 g/mol. The Morgan fingerprint density at radius 2 is 2.04 bits per heavy atom. The lowest BCUT2D eigenvalue weighted by Gasteiger charge is -2.35. The molecule has 0 amide bonds. The van der Waals surface area contributed by atoms with E-state index in [1.807, 2.05) is 31.5 Å². The number of hydrogen-bond acceptors (Lipinski definition) is 7. The zero-order valence-electron chi connectivity index (χ0n) is 14.5. The van der Waals surface area contributed by atoms with Gasteiger partial charge in [-0.3, -0.25) is 9.69 Å². The molecule has 3 rings (SSSR count). The highest BCUT2D eigenvalue weighted by Gasteiger charge is 2.20. The van der Waals surface area contributed by atoms with Crippen LogP contribution in [0.25, 0.3) is 0 Å². The van der Waals surface area contributed by atoms with E-state index in [0.717, 1.165) is 53.5 Å². The maximum absolute atomic E-state index is 12.4. The number of carbonyl (C=O) groups is 1. The lowest BCUT2D eigenvalue weighted by atomic mass is 10.2. The number of thioether (sulfide) groups is 1. The van der Waals surface area contributed by atoms with Gasteiger partial charge in [0.25, 0.3) is 0 Å². The van der Waals surface area contributed by atoms with Crippen LogP contribution < -0.4 is 4.90 Å². The van der Waals surface area contributed by atoms with Gasteiger partial charge < -0.3 is 4.90 Å². The molecule has 0 spiro atoms. The Labute approximate surface area is 163 Å². The van der Waals surface area contributed by atoms with Crippen LogP contribution in [0, 0.1) is 6.92 Å². The molecule has 25 heavy (non-hydrogen) atoms. The molecular weight excluding hydrogens is 376 g/mol. The van der Waals surface area contributed by atoms with Crippen LogP contribution in [0.1, 0.15) is 21.8 Å². The Bertz CT molecular complexity index is 687. The second-order valence-electron chi connectivity index (χ2n) is 5.79. The van der Waals surface area contributed by atoms with E-state index in [2.05, 4.69) is 25.8 Å². The number of piperazine rings is 1. The van der Waals surface area contributed by atoms with Gasteiger partial charge in [-0.15, -0.1) is 23.7 Å². The number of aryl methyl sites for hydroxylation is 1. The van der Waals surface area contributed by atoms with Crippen molar-refractivity contribution >= 4 is 47.1 Å². The molecule has 0 aromatic carbocycles. The first kappa shape index (κ1) is 20.2. The number of nitrogens with zero attached hydrogens (tertiary/aromatic N) is 4. The minimum absolute atomic E-state index is 0.